The molecule has 1 atom stereocenters. The lowest BCUT2D eigenvalue weighted by molar-refractivity contribution is 0.0981. The van der Waals surface area contributed by atoms with Gasteiger partial charge in [-0.2, -0.15) is 0 Å². The zero-order valence-electron chi connectivity index (χ0n) is 16.4. The van der Waals surface area contributed by atoms with Gasteiger partial charge in [0.25, 0.3) is 5.91 Å². The van der Waals surface area contributed by atoms with Gasteiger partial charge in [0.2, 0.25) is 0 Å². The van der Waals surface area contributed by atoms with Crippen LogP contribution in [-0.4, -0.2) is 31.0 Å². The normalized spacial score (nSPS) is 15.2. The van der Waals surface area contributed by atoms with Gasteiger partial charge in [-0.05, 0) is 61.4 Å². The van der Waals surface area contributed by atoms with Crippen LogP contribution in [0.4, 0.5) is 22.9 Å². The molecule has 1 aliphatic heterocycles. The van der Waals surface area contributed by atoms with E-state index in [-0.39, 0.29) is 11.9 Å². The maximum atomic E-state index is 13.2. The van der Waals surface area contributed by atoms with Gasteiger partial charge in [0.1, 0.15) is 5.82 Å². The molecule has 0 aliphatic carbocycles. The molecule has 1 aliphatic rings. The minimum atomic E-state index is 0.00542. The van der Waals surface area contributed by atoms with E-state index in [2.05, 4.69) is 28.2 Å². The minimum absolute atomic E-state index is 0.00542. The fourth-order valence-corrected chi connectivity index (χ4v) is 3.64. The van der Waals surface area contributed by atoms with Crippen molar-refractivity contribution >= 4 is 28.8 Å². The zero-order valence-corrected chi connectivity index (χ0v) is 16.4. The molecule has 0 spiro atoms. The molecule has 0 radical (unpaired) electrons. The highest BCUT2D eigenvalue weighted by atomic mass is 16.2. The predicted molar refractivity (Wildman–Crippen MR) is 115 cm³/mol. The highest BCUT2D eigenvalue weighted by Gasteiger charge is 2.31. The van der Waals surface area contributed by atoms with E-state index in [1.807, 2.05) is 67.5 Å². The number of benzene rings is 2. The van der Waals surface area contributed by atoms with E-state index in [0.717, 1.165) is 23.5 Å². The molecular weight excluding hydrogens is 348 g/mol. The molecule has 1 aromatic heterocycles. The molecule has 1 unspecified atom stereocenters. The highest BCUT2D eigenvalue weighted by Crippen LogP contribution is 2.33. The Balaban J connectivity index is 1.56. The first-order chi connectivity index (χ1) is 13.5. The van der Waals surface area contributed by atoms with Crippen molar-refractivity contribution in [2.24, 2.45) is 0 Å². The second-order valence-corrected chi connectivity index (χ2v) is 7.35. The standard InChI is InChI=1S/C23H24N4O/c1-16-14-17-6-4-5-7-21(17)27(16)23(28)18-12-13-24-22(15-18)25-19-8-10-20(11-9-19)26(2)3/h4-13,15-16H,14H2,1-3H3,(H,24,25). The third-order valence-corrected chi connectivity index (χ3v) is 5.09. The monoisotopic (exact) mass is 372 g/mol. The smallest absolute Gasteiger partial charge is 0.258 e. The molecule has 142 valence electrons. The number of hydrogen-bond donors (Lipinski definition) is 1. The number of carbonyl (C=O) groups excluding carboxylic acids is 1. The molecule has 0 bridgehead atoms. The van der Waals surface area contributed by atoms with Gasteiger partial charge in [0.15, 0.2) is 0 Å². The number of anilines is 4. The summed E-state index contributed by atoms with van der Waals surface area (Å²) in [5, 5.41) is 3.29. The molecule has 2 heterocycles. The average molecular weight is 372 g/mol. The quantitative estimate of drug-likeness (QED) is 0.733. The summed E-state index contributed by atoms with van der Waals surface area (Å²) in [5.41, 5.74) is 4.92. The van der Waals surface area contributed by atoms with Crippen molar-refractivity contribution in [3.63, 3.8) is 0 Å². The zero-order chi connectivity index (χ0) is 19.7. The Hall–Kier alpha value is -3.34. The van der Waals surface area contributed by atoms with E-state index in [9.17, 15) is 4.79 Å². The Bertz CT molecular complexity index is 997. The fourth-order valence-electron chi connectivity index (χ4n) is 3.64. The summed E-state index contributed by atoms with van der Waals surface area (Å²) in [7, 11) is 4.02. The first kappa shape index (κ1) is 18.0. The van der Waals surface area contributed by atoms with Crippen molar-refractivity contribution in [3.05, 3.63) is 78.0 Å². The lowest BCUT2D eigenvalue weighted by atomic mass is 10.1. The Morgan fingerprint density at radius 1 is 1.11 bits per heavy atom. The Kier molecular flexibility index (Phi) is 4.74. The van der Waals surface area contributed by atoms with Crippen LogP contribution in [0.3, 0.4) is 0 Å². The van der Waals surface area contributed by atoms with E-state index in [4.69, 9.17) is 0 Å². The second-order valence-electron chi connectivity index (χ2n) is 7.35. The number of hydrogen-bond acceptors (Lipinski definition) is 4. The largest absolute Gasteiger partial charge is 0.378 e. The molecule has 1 N–H and O–H groups in total. The summed E-state index contributed by atoms with van der Waals surface area (Å²) >= 11 is 0. The van der Waals surface area contributed by atoms with Gasteiger partial charge < -0.3 is 15.1 Å². The number of para-hydroxylation sites is 1. The van der Waals surface area contributed by atoms with Crippen molar-refractivity contribution in [3.8, 4) is 0 Å². The number of amides is 1. The van der Waals surface area contributed by atoms with Gasteiger partial charge in [0.05, 0.1) is 0 Å². The van der Waals surface area contributed by atoms with E-state index in [1.165, 1.54) is 5.56 Å². The average Bonchev–Trinajstić information content (AvgIpc) is 3.03. The fraction of sp³-hybridized carbons (Fsp3) is 0.217. The number of nitrogens with one attached hydrogen (secondary N) is 1. The van der Waals surface area contributed by atoms with Crippen molar-refractivity contribution < 1.29 is 4.79 Å². The number of carbonyl (C=O) groups is 1. The van der Waals surface area contributed by atoms with Crippen LogP contribution in [0.5, 0.6) is 0 Å². The van der Waals surface area contributed by atoms with Gasteiger partial charge in [-0.15, -0.1) is 0 Å². The van der Waals surface area contributed by atoms with Crippen LogP contribution in [0.15, 0.2) is 66.9 Å². The number of nitrogens with zero attached hydrogens (tertiary/aromatic N) is 3. The third-order valence-electron chi connectivity index (χ3n) is 5.09. The van der Waals surface area contributed by atoms with Gasteiger partial charge in [-0.1, -0.05) is 18.2 Å². The summed E-state index contributed by atoms with van der Waals surface area (Å²) in [4.78, 5) is 21.5. The van der Waals surface area contributed by atoms with E-state index in [1.54, 1.807) is 12.3 Å². The first-order valence-electron chi connectivity index (χ1n) is 9.45. The number of fused-ring (bicyclic) bond motifs is 1. The van der Waals surface area contributed by atoms with Gasteiger partial charge in [-0.25, -0.2) is 4.98 Å². The molecule has 3 aromatic rings. The lowest BCUT2D eigenvalue weighted by Gasteiger charge is -2.23. The van der Waals surface area contributed by atoms with Crippen LogP contribution >= 0.6 is 0 Å². The number of pyridine rings is 1. The van der Waals surface area contributed by atoms with Crippen LogP contribution < -0.4 is 15.1 Å². The van der Waals surface area contributed by atoms with E-state index >= 15 is 0 Å². The summed E-state index contributed by atoms with van der Waals surface area (Å²) in [6.45, 7) is 2.09. The molecule has 5 heteroatoms. The topological polar surface area (TPSA) is 48.5 Å². The maximum absolute atomic E-state index is 13.2. The Morgan fingerprint density at radius 3 is 2.61 bits per heavy atom. The second kappa shape index (κ2) is 7.35. The van der Waals surface area contributed by atoms with Crippen molar-refractivity contribution in [1.29, 1.82) is 0 Å². The first-order valence-corrected chi connectivity index (χ1v) is 9.45. The molecular formula is C23H24N4O. The van der Waals surface area contributed by atoms with Crippen LogP contribution in [0.2, 0.25) is 0 Å². The minimum Gasteiger partial charge on any atom is -0.378 e. The molecule has 1 amide bonds. The summed E-state index contributed by atoms with van der Waals surface area (Å²) < 4.78 is 0. The van der Waals surface area contributed by atoms with E-state index < -0.39 is 0 Å². The molecule has 0 fully saturated rings. The van der Waals surface area contributed by atoms with Crippen LogP contribution in [-0.2, 0) is 6.42 Å². The molecule has 2 aromatic carbocycles. The Labute approximate surface area is 165 Å². The molecule has 0 saturated carbocycles. The predicted octanol–water partition coefficient (Wildman–Crippen LogP) is 4.48. The lowest BCUT2D eigenvalue weighted by Crippen LogP contribution is -2.35. The number of rotatable bonds is 4. The summed E-state index contributed by atoms with van der Waals surface area (Å²) in [6.07, 6.45) is 2.56. The molecule has 28 heavy (non-hydrogen) atoms. The van der Waals surface area contributed by atoms with Crippen molar-refractivity contribution in [2.75, 3.05) is 29.2 Å². The van der Waals surface area contributed by atoms with Gasteiger partial charge in [-0.3, -0.25) is 4.79 Å². The van der Waals surface area contributed by atoms with Crippen LogP contribution in [0.25, 0.3) is 0 Å². The molecule has 0 saturated heterocycles. The van der Waals surface area contributed by atoms with Gasteiger partial charge in [0, 0.05) is 49.0 Å². The van der Waals surface area contributed by atoms with Gasteiger partial charge >= 0.3 is 0 Å². The SMILES string of the molecule is CC1Cc2ccccc2N1C(=O)c1ccnc(Nc2ccc(N(C)C)cc2)c1. The molecule has 4 rings (SSSR count). The van der Waals surface area contributed by atoms with Crippen molar-refractivity contribution in [2.45, 2.75) is 19.4 Å². The summed E-state index contributed by atoms with van der Waals surface area (Å²) in [5.74, 6) is 0.662. The van der Waals surface area contributed by atoms with Crippen LogP contribution in [0.1, 0.15) is 22.8 Å². The molecule has 5 nitrogen and oxygen atoms in total. The van der Waals surface area contributed by atoms with Crippen LogP contribution in [0, 0.1) is 0 Å². The maximum Gasteiger partial charge on any atom is 0.258 e. The number of aromatic nitrogens is 1. The highest BCUT2D eigenvalue weighted by molar-refractivity contribution is 6.08. The third kappa shape index (κ3) is 3.43. The summed E-state index contributed by atoms with van der Waals surface area (Å²) in [6, 6.07) is 19.9. The van der Waals surface area contributed by atoms with E-state index in [0.29, 0.717) is 11.4 Å². The van der Waals surface area contributed by atoms with Crippen molar-refractivity contribution in [1.82, 2.24) is 4.98 Å². The Morgan fingerprint density at radius 2 is 1.86 bits per heavy atom.